The van der Waals surface area contributed by atoms with Crippen molar-refractivity contribution in [3.8, 4) is 5.69 Å². The molecule has 148 valence electrons. The number of benzene rings is 1. The molecule has 2 aromatic rings. The van der Waals surface area contributed by atoms with Crippen molar-refractivity contribution in [2.45, 2.75) is 44.6 Å². The van der Waals surface area contributed by atoms with E-state index in [-0.39, 0.29) is 24.4 Å². The average Bonchev–Trinajstić information content (AvgIpc) is 3.08. The molecule has 6 nitrogen and oxygen atoms in total. The van der Waals surface area contributed by atoms with Crippen LogP contribution in [0.4, 0.5) is 8.78 Å². The molecule has 1 aliphatic carbocycles. The number of nitrogens with zero attached hydrogens (tertiary/aromatic N) is 3. The number of aromatic nitrogens is 2. The molecule has 1 aromatic heterocycles. The van der Waals surface area contributed by atoms with Crippen molar-refractivity contribution < 1.29 is 18.4 Å². The van der Waals surface area contributed by atoms with Gasteiger partial charge in [-0.2, -0.15) is 5.10 Å². The van der Waals surface area contributed by atoms with Crippen LogP contribution in [0, 0.1) is 11.6 Å². The van der Waals surface area contributed by atoms with Gasteiger partial charge in [0.15, 0.2) is 0 Å². The Labute approximate surface area is 161 Å². The van der Waals surface area contributed by atoms with Crippen LogP contribution in [0.2, 0.25) is 0 Å². The van der Waals surface area contributed by atoms with Crippen LogP contribution in [-0.4, -0.2) is 39.6 Å². The zero-order chi connectivity index (χ0) is 19.7. The van der Waals surface area contributed by atoms with E-state index in [9.17, 15) is 18.4 Å². The number of hydrogen-bond donors (Lipinski definition) is 1. The minimum atomic E-state index is -0.661. The SMILES string of the molecule is O=C(CN1CCCCC1=O)NC1CCCc2c1cnn2-c1cc(F)cc(F)c1. The van der Waals surface area contributed by atoms with E-state index in [1.807, 2.05) is 0 Å². The third-order valence-electron chi connectivity index (χ3n) is 5.37. The van der Waals surface area contributed by atoms with Crippen LogP contribution in [-0.2, 0) is 16.0 Å². The minimum Gasteiger partial charge on any atom is -0.348 e. The molecule has 1 aromatic carbocycles. The van der Waals surface area contributed by atoms with Crippen molar-refractivity contribution in [2.24, 2.45) is 0 Å². The fraction of sp³-hybridized carbons (Fsp3) is 0.450. The van der Waals surface area contributed by atoms with E-state index >= 15 is 0 Å². The Kier molecular flexibility index (Phi) is 5.11. The van der Waals surface area contributed by atoms with Gasteiger partial charge in [-0.25, -0.2) is 13.5 Å². The van der Waals surface area contributed by atoms with Crippen LogP contribution in [0.5, 0.6) is 0 Å². The summed E-state index contributed by atoms with van der Waals surface area (Å²) in [6, 6.07) is 3.08. The summed E-state index contributed by atoms with van der Waals surface area (Å²) in [4.78, 5) is 26.0. The van der Waals surface area contributed by atoms with E-state index in [2.05, 4.69) is 10.4 Å². The van der Waals surface area contributed by atoms with Crippen LogP contribution in [0.15, 0.2) is 24.4 Å². The summed E-state index contributed by atoms with van der Waals surface area (Å²) in [6.07, 6.45) is 6.24. The third kappa shape index (κ3) is 3.76. The van der Waals surface area contributed by atoms with Crippen LogP contribution < -0.4 is 5.32 Å². The molecule has 2 amide bonds. The topological polar surface area (TPSA) is 67.2 Å². The van der Waals surface area contributed by atoms with Crippen molar-refractivity contribution >= 4 is 11.8 Å². The first-order chi connectivity index (χ1) is 13.5. The molecule has 1 saturated heterocycles. The Hall–Kier alpha value is -2.77. The maximum Gasteiger partial charge on any atom is 0.240 e. The summed E-state index contributed by atoms with van der Waals surface area (Å²) in [7, 11) is 0. The summed E-state index contributed by atoms with van der Waals surface area (Å²) in [5, 5.41) is 7.30. The largest absolute Gasteiger partial charge is 0.348 e. The fourth-order valence-corrected chi connectivity index (χ4v) is 4.03. The number of halogens is 2. The van der Waals surface area contributed by atoms with E-state index in [1.54, 1.807) is 11.1 Å². The van der Waals surface area contributed by atoms with Gasteiger partial charge in [0, 0.05) is 30.3 Å². The summed E-state index contributed by atoms with van der Waals surface area (Å²) < 4.78 is 28.7. The first-order valence-electron chi connectivity index (χ1n) is 9.61. The minimum absolute atomic E-state index is 0.0201. The van der Waals surface area contributed by atoms with Crippen molar-refractivity contribution in [3.63, 3.8) is 0 Å². The maximum absolute atomic E-state index is 13.6. The summed E-state index contributed by atoms with van der Waals surface area (Å²) in [5.41, 5.74) is 2.02. The number of piperidine rings is 1. The molecule has 28 heavy (non-hydrogen) atoms. The molecule has 1 fully saturated rings. The summed E-state index contributed by atoms with van der Waals surface area (Å²) in [6.45, 7) is 0.680. The number of likely N-dealkylation sites (tertiary alicyclic amines) is 1. The van der Waals surface area contributed by atoms with E-state index in [1.165, 1.54) is 16.8 Å². The van der Waals surface area contributed by atoms with Gasteiger partial charge >= 0.3 is 0 Å². The standard InChI is InChI=1S/C20H22F2N4O2/c21-13-8-14(22)10-15(9-13)26-18-5-3-4-17(16(18)11-23-26)24-19(27)12-25-7-2-1-6-20(25)28/h8-11,17H,1-7,12H2,(H,24,27). The maximum atomic E-state index is 13.6. The monoisotopic (exact) mass is 388 g/mol. The average molecular weight is 388 g/mol. The molecule has 0 radical (unpaired) electrons. The lowest BCUT2D eigenvalue weighted by Crippen LogP contribution is -2.44. The normalized spacial score (nSPS) is 19.4. The van der Waals surface area contributed by atoms with Gasteiger partial charge in [-0.3, -0.25) is 9.59 Å². The van der Waals surface area contributed by atoms with E-state index in [0.717, 1.165) is 43.0 Å². The zero-order valence-electron chi connectivity index (χ0n) is 15.5. The third-order valence-corrected chi connectivity index (χ3v) is 5.37. The molecule has 1 N–H and O–H groups in total. The zero-order valence-corrected chi connectivity index (χ0v) is 15.5. The first kappa shape index (κ1) is 18.6. The predicted octanol–water partition coefficient (Wildman–Crippen LogP) is 2.66. The molecule has 4 rings (SSSR count). The molecule has 1 atom stereocenters. The molecule has 1 unspecified atom stereocenters. The number of carbonyl (C=O) groups excluding carboxylic acids is 2. The highest BCUT2D eigenvalue weighted by Gasteiger charge is 2.28. The Balaban J connectivity index is 1.51. The second kappa shape index (κ2) is 7.69. The Bertz CT molecular complexity index is 891. The van der Waals surface area contributed by atoms with Crippen LogP contribution in [0.25, 0.3) is 5.69 Å². The Morgan fingerprint density at radius 2 is 1.93 bits per heavy atom. The highest BCUT2D eigenvalue weighted by atomic mass is 19.1. The molecular formula is C20H22F2N4O2. The summed E-state index contributed by atoms with van der Waals surface area (Å²) >= 11 is 0. The molecule has 1 aliphatic heterocycles. The van der Waals surface area contributed by atoms with Crippen LogP contribution in [0.3, 0.4) is 0 Å². The van der Waals surface area contributed by atoms with Gasteiger partial charge in [-0.15, -0.1) is 0 Å². The van der Waals surface area contributed by atoms with Gasteiger partial charge < -0.3 is 10.2 Å². The van der Waals surface area contributed by atoms with Crippen molar-refractivity contribution in [3.05, 3.63) is 47.3 Å². The lowest BCUT2D eigenvalue weighted by atomic mass is 9.93. The summed E-state index contributed by atoms with van der Waals surface area (Å²) in [5.74, 6) is -1.50. The molecule has 2 heterocycles. The fourth-order valence-electron chi connectivity index (χ4n) is 4.03. The van der Waals surface area contributed by atoms with Crippen LogP contribution in [0.1, 0.15) is 49.4 Å². The Morgan fingerprint density at radius 1 is 1.14 bits per heavy atom. The van der Waals surface area contributed by atoms with Gasteiger partial charge in [0.25, 0.3) is 0 Å². The second-order valence-electron chi connectivity index (χ2n) is 7.37. The van der Waals surface area contributed by atoms with Gasteiger partial charge in [-0.1, -0.05) is 0 Å². The van der Waals surface area contributed by atoms with Gasteiger partial charge in [0.05, 0.1) is 24.5 Å². The molecule has 2 aliphatic rings. The highest BCUT2D eigenvalue weighted by molar-refractivity contribution is 5.85. The lowest BCUT2D eigenvalue weighted by Gasteiger charge is -2.28. The van der Waals surface area contributed by atoms with Crippen molar-refractivity contribution in [1.82, 2.24) is 20.0 Å². The van der Waals surface area contributed by atoms with E-state index in [4.69, 9.17) is 0 Å². The predicted molar refractivity (Wildman–Crippen MR) is 97.7 cm³/mol. The number of fused-ring (bicyclic) bond motifs is 1. The molecule has 0 spiro atoms. The van der Waals surface area contributed by atoms with Crippen molar-refractivity contribution in [2.75, 3.05) is 13.1 Å². The quantitative estimate of drug-likeness (QED) is 0.876. The number of nitrogens with one attached hydrogen (secondary N) is 1. The number of rotatable bonds is 4. The van der Waals surface area contributed by atoms with Gasteiger partial charge in [-0.05, 0) is 44.2 Å². The van der Waals surface area contributed by atoms with E-state index < -0.39 is 11.6 Å². The number of carbonyl (C=O) groups is 2. The van der Waals surface area contributed by atoms with E-state index in [0.29, 0.717) is 25.1 Å². The second-order valence-corrected chi connectivity index (χ2v) is 7.37. The molecule has 8 heteroatoms. The molecule has 0 bridgehead atoms. The molecular weight excluding hydrogens is 366 g/mol. The number of amides is 2. The Morgan fingerprint density at radius 3 is 2.68 bits per heavy atom. The first-order valence-corrected chi connectivity index (χ1v) is 9.61. The lowest BCUT2D eigenvalue weighted by molar-refractivity contribution is -0.138. The van der Waals surface area contributed by atoms with Crippen LogP contribution >= 0.6 is 0 Å². The van der Waals surface area contributed by atoms with Gasteiger partial charge in [0.1, 0.15) is 11.6 Å². The van der Waals surface area contributed by atoms with Gasteiger partial charge in [0.2, 0.25) is 11.8 Å². The highest BCUT2D eigenvalue weighted by Crippen LogP contribution is 2.31. The van der Waals surface area contributed by atoms with Crippen molar-refractivity contribution in [1.29, 1.82) is 0 Å². The molecule has 0 saturated carbocycles. The smallest absolute Gasteiger partial charge is 0.240 e. The number of hydrogen-bond acceptors (Lipinski definition) is 3.